The van der Waals surface area contributed by atoms with Crippen LogP contribution >= 0.6 is 42.7 Å². The fourth-order valence-electron chi connectivity index (χ4n) is 7.38. The van der Waals surface area contributed by atoms with E-state index < -0.39 is 15.8 Å². The van der Waals surface area contributed by atoms with E-state index >= 15 is 0 Å². The van der Waals surface area contributed by atoms with Gasteiger partial charge in [-0.15, -0.1) is 0 Å². The van der Waals surface area contributed by atoms with Crippen molar-refractivity contribution in [1.29, 1.82) is 0 Å². The van der Waals surface area contributed by atoms with Crippen LogP contribution in [0, 0.1) is 53.7 Å². The molecule has 360 valence electrons. The van der Waals surface area contributed by atoms with E-state index in [1.54, 1.807) is 0 Å². The summed E-state index contributed by atoms with van der Waals surface area (Å²) >= 11 is 10.7. The molecule has 0 bridgehead atoms. The second kappa shape index (κ2) is 30.6. The quantitative estimate of drug-likeness (QED) is 0.0884. The zero-order valence-electron chi connectivity index (χ0n) is 41.8. The molecule has 0 fully saturated rings. The molecular formula is C62H68Br2P2Pd2. The molecule has 0 heterocycles. The van der Waals surface area contributed by atoms with Crippen molar-refractivity contribution in [3.63, 3.8) is 0 Å². The Morgan fingerprint density at radius 3 is 0.632 bits per heavy atom. The zero-order chi connectivity index (χ0) is 50.3. The summed E-state index contributed by atoms with van der Waals surface area (Å²) in [5.74, 6) is 0. The monoisotopic (exact) mass is 1240 g/mol. The van der Waals surface area contributed by atoms with Crippen molar-refractivity contribution in [2.45, 2.75) is 93.9 Å². The van der Waals surface area contributed by atoms with Crippen LogP contribution in [0.2, 0.25) is 0 Å². The van der Waals surface area contributed by atoms with E-state index in [4.69, 9.17) is 0 Å². The summed E-state index contributed by atoms with van der Waals surface area (Å²) in [6.45, 7) is 26.6. The Kier molecular flexibility index (Phi) is 26.6. The topological polar surface area (TPSA) is 0 Å². The zero-order valence-corrected chi connectivity index (χ0v) is 49.8. The van der Waals surface area contributed by atoms with Gasteiger partial charge in [0, 0.05) is 0 Å². The predicted octanol–water partition coefficient (Wildman–Crippen LogP) is 16.0. The van der Waals surface area contributed by atoms with Crippen LogP contribution in [-0.2, 0) is 45.2 Å². The van der Waals surface area contributed by atoms with Crippen molar-refractivity contribution < 1.29 is 34.4 Å². The van der Waals surface area contributed by atoms with Gasteiger partial charge in [-0.2, -0.15) is 71.8 Å². The van der Waals surface area contributed by atoms with Crippen LogP contribution in [0.15, 0.2) is 194 Å². The van der Waals surface area contributed by atoms with Crippen LogP contribution in [0.1, 0.15) is 86.1 Å². The fraction of sp³-hybridized carbons (Fsp3) is 0.226. The summed E-state index contributed by atoms with van der Waals surface area (Å²) in [5.41, 5.74) is 11.5. The molecule has 68 heavy (non-hydrogen) atoms. The standard InChI is InChI=1S/2C21H21P.2C10H13.2BrH.2Pd/c2*1-16-10-4-7-13-19(16)22(20-14-8-5-11-17(20)2)21-15-9-6-12-18(21)3;2*1-10(2,3)9-7-5-4-6-8-9;;;;/h2*4-15H,1-3H3;2*4-5,7-8H,1-3H3;2*1H;;/q;;2*-1;;;2*+2/p-2. The number of rotatable bonds is 6. The Bertz CT molecular complexity index is 2270. The maximum atomic E-state index is 3.07. The third-order valence-electron chi connectivity index (χ3n) is 11.3. The van der Waals surface area contributed by atoms with Crippen molar-refractivity contribution in [1.82, 2.24) is 0 Å². The number of halogens is 2. The second-order valence-electron chi connectivity index (χ2n) is 18.5. The number of hydrogen-bond donors (Lipinski definition) is 0. The first kappa shape index (κ1) is 59.2. The maximum absolute atomic E-state index is 3.07. The van der Waals surface area contributed by atoms with Gasteiger partial charge in [0.15, 0.2) is 0 Å². The van der Waals surface area contributed by atoms with Gasteiger partial charge < -0.3 is 0 Å². The number of benzene rings is 8. The van der Waals surface area contributed by atoms with E-state index in [1.807, 2.05) is 36.4 Å². The normalized spacial score (nSPS) is 10.6. The Balaban J connectivity index is 0.000000248. The summed E-state index contributed by atoms with van der Waals surface area (Å²) in [4.78, 5) is 0. The summed E-state index contributed by atoms with van der Waals surface area (Å²) in [5, 5.41) is 8.76. The third-order valence-corrected chi connectivity index (χ3v) is 17.2. The molecule has 0 N–H and O–H groups in total. The van der Waals surface area contributed by atoms with Gasteiger partial charge in [0.1, 0.15) is 0 Å². The van der Waals surface area contributed by atoms with Crippen molar-refractivity contribution in [2.75, 3.05) is 0 Å². The Hall–Kier alpha value is -3.10. The van der Waals surface area contributed by atoms with Gasteiger partial charge in [0.2, 0.25) is 0 Å². The van der Waals surface area contributed by atoms with Crippen LogP contribution in [-0.4, -0.2) is 0 Å². The Morgan fingerprint density at radius 1 is 0.309 bits per heavy atom. The molecule has 0 unspecified atom stereocenters. The molecule has 0 nitrogen and oxygen atoms in total. The van der Waals surface area contributed by atoms with Crippen molar-refractivity contribution >= 4 is 74.5 Å². The van der Waals surface area contributed by atoms with E-state index in [2.05, 4.69) is 314 Å². The molecule has 0 aliphatic carbocycles. The van der Waals surface area contributed by atoms with Crippen molar-refractivity contribution in [2.24, 2.45) is 0 Å². The Labute approximate surface area is 449 Å². The first-order chi connectivity index (χ1) is 32.6. The molecule has 0 spiro atoms. The van der Waals surface area contributed by atoms with Gasteiger partial charge in [-0.1, -0.05) is 198 Å². The molecule has 0 atom stereocenters. The van der Waals surface area contributed by atoms with Crippen molar-refractivity contribution in [3.8, 4) is 0 Å². The van der Waals surface area contributed by atoms with Gasteiger partial charge >= 0.3 is 61.2 Å². The van der Waals surface area contributed by atoms with Gasteiger partial charge in [-0.05, 0) is 123 Å². The molecule has 0 radical (unpaired) electrons. The average Bonchev–Trinajstić information content (AvgIpc) is 3.34. The molecule has 0 aromatic heterocycles. The summed E-state index contributed by atoms with van der Waals surface area (Å²) < 4.78 is 0. The van der Waals surface area contributed by atoms with Crippen LogP contribution in [0.4, 0.5) is 0 Å². The fourth-order valence-corrected chi connectivity index (χ4v) is 12.9. The summed E-state index contributed by atoms with van der Waals surface area (Å²) in [6.07, 6.45) is 0. The van der Waals surface area contributed by atoms with Gasteiger partial charge in [-0.3, -0.25) is 0 Å². The molecule has 0 aliphatic rings. The summed E-state index contributed by atoms with van der Waals surface area (Å²) in [7, 11) is -1.02. The van der Waals surface area contributed by atoms with E-state index in [9.17, 15) is 0 Å². The van der Waals surface area contributed by atoms with Crippen LogP contribution in [0.25, 0.3) is 0 Å². The van der Waals surface area contributed by atoms with E-state index in [-0.39, 0.29) is 10.8 Å². The third kappa shape index (κ3) is 18.3. The summed E-state index contributed by atoms with van der Waals surface area (Å²) in [6, 6.07) is 75.2. The minimum absolute atomic E-state index is 0.262. The Morgan fingerprint density at radius 2 is 0.500 bits per heavy atom. The molecule has 0 saturated carbocycles. The van der Waals surface area contributed by atoms with E-state index in [0.717, 1.165) is 0 Å². The van der Waals surface area contributed by atoms with Crippen LogP contribution < -0.4 is 31.8 Å². The molecule has 8 aromatic carbocycles. The van der Waals surface area contributed by atoms with Crippen molar-refractivity contribution in [3.05, 3.63) is 251 Å². The molecule has 0 saturated heterocycles. The molecule has 8 aromatic rings. The predicted molar refractivity (Wildman–Crippen MR) is 305 cm³/mol. The first-order valence-corrected chi connectivity index (χ1v) is 32.5. The molecule has 0 aliphatic heterocycles. The average molecular weight is 1250 g/mol. The molecule has 6 heteroatoms. The molecular weight excluding hydrogens is 1180 g/mol. The first-order valence-electron chi connectivity index (χ1n) is 22.7. The van der Waals surface area contributed by atoms with Gasteiger partial charge in [0.05, 0.1) is 0 Å². The molecule has 0 amide bonds. The number of aryl methyl sites for hydroxylation is 6. The SMILES string of the molecule is CC(C)(C)c1c[c-]ccc1.CC(C)(C)c1c[c-]ccc1.Cc1ccccc1P(c1ccccc1C)c1ccccc1C.Cc1ccccc1P(c1ccccc1C)c1ccccc1C.[Br][Pd+].[Br][Pd+]. The van der Waals surface area contributed by atoms with Crippen LogP contribution in [0.5, 0.6) is 0 Å². The van der Waals surface area contributed by atoms with Gasteiger partial charge in [-0.25, -0.2) is 0 Å². The second-order valence-corrected chi connectivity index (χ2v) is 22.7. The van der Waals surface area contributed by atoms with Crippen LogP contribution in [0.3, 0.4) is 0 Å². The van der Waals surface area contributed by atoms with E-state index in [0.29, 0.717) is 0 Å². The van der Waals surface area contributed by atoms with Gasteiger partial charge in [0.25, 0.3) is 0 Å². The molecule has 8 rings (SSSR count). The number of hydrogen-bond acceptors (Lipinski definition) is 0. The minimum atomic E-state index is -0.508. The van der Waals surface area contributed by atoms with E-state index in [1.165, 1.54) is 76.3 Å².